The van der Waals surface area contributed by atoms with Crippen LogP contribution in [0.1, 0.15) is 38.6 Å². The van der Waals surface area contributed by atoms with E-state index in [1.54, 1.807) is 25.3 Å². The summed E-state index contributed by atoms with van der Waals surface area (Å²) in [6.07, 6.45) is 2.19. The Kier molecular flexibility index (Phi) is 4.19. The number of aromatic carboxylic acids is 1. The number of rotatable bonds is 4. The molecule has 27 heavy (non-hydrogen) atoms. The first-order chi connectivity index (χ1) is 12.9. The molecule has 4 rings (SSSR count). The summed E-state index contributed by atoms with van der Waals surface area (Å²) in [4.78, 5) is 36.6. The molecule has 0 aliphatic carbocycles. The predicted molar refractivity (Wildman–Crippen MR) is 97.6 cm³/mol. The lowest BCUT2D eigenvalue weighted by Crippen LogP contribution is -2.35. The van der Waals surface area contributed by atoms with E-state index >= 15 is 0 Å². The second kappa shape index (κ2) is 6.55. The van der Waals surface area contributed by atoms with Crippen molar-refractivity contribution in [3.63, 3.8) is 0 Å². The Morgan fingerprint density at radius 3 is 2.85 bits per heavy atom. The lowest BCUT2D eigenvalue weighted by atomic mass is 10.1. The first-order valence-electron chi connectivity index (χ1n) is 8.73. The number of nitrogens with zero attached hydrogens (tertiary/aromatic N) is 2. The van der Waals surface area contributed by atoms with Crippen LogP contribution < -0.4 is 5.56 Å². The Hall–Kier alpha value is -3.13. The molecular weight excluding hydrogens is 348 g/mol. The van der Waals surface area contributed by atoms with Gasteiger partial charge in [0, 0.05) is 37.4 Å². The molecule has 3 aromatic rings. The molecule has 1 aliphatic heterocycles. The zero-order valence-electron chi connectivity index (χ0n) is 15.1. The van der Waals surface area contributed by atoms with Crippen LogP contribution >= 0.6 is 0 Å². The fourth-order valence-corrected chi connectivity index (χ4v) is 3.66. The summed E-state index contributed by atoms with van der Waals surface area (Å²) >= 11 is 0. The van der Waals surface area contributed by atoms with Crippen LogP contribution in [0.3, 0.4) is 0 Å². The molecule has 0 unspecified atom stereocenters. The molecule has 0 amide bonds. The third-order valence-corrected chi connectivity index (χ3v) is 5.04. The molecule has 8 nitrogen and oxygen atoms in total. The lowest BCUT2D eigenvalue weighted by molar-refractivity contribution is 0.0695. The fraction of sp³-hybridized carbons (Fsp3) is 0.316. The summed E-state index contributed by atoms with van der Waals surface area (Å²) in [5, 5.41) is 9.34. The third-order valence-electron chi connectivity index (χ3n) is 5.04. The van der Waals surface area contributed by atoms with Gasteiger partial charge in [0.05, 0.1) is 23.1 Å². The van der Waals surface area contributed by atoms with Crippen LogP contribution in [-0.2, 0) is 19.5 Å². The van der Waals surface area contributed by atoms with Gasteiger partial charge in [-0.25, -0.2) is 9.78 Å². The molecule has 140 valence electrons. The van der Waals surface area contributed by atoms with Crippen LogP contribution in [0.4, 0.5) is 0 Å². The number of nitrogens with one attached hydrogen (secondary N) is 2. The number of hydrogen-bond acceptors (Lipinski definition) is 5. The Balaban J connectivity index is 1.58. The molecule has 0 saturated carbocycles. The van der Waals surface area contributed by atoms with Crippen molar-refractivity contribution in [2.45, 2.75) is 33.4 Å². The van der Waals surface area contributed by atoms with Crippen LogP contribution in [-0.4, -0.2) is 37.5 Å². The van der Waals surface area contributed by atoms with Gasteiger partial charge in [-0.2, -0.15) is 0 Å². The highest BCUT2D eigenvalue weighted by Gasteiger charge is 2.24. The molecular formula is C19H20N4O4. The number of aromatic nitrogens is 3. The summed E-state index contributed by atoms with van der Waals surface area (Å²) in [5.74, 6) is 0.0535. The van der Waals surface area contributed by atoms with Crippen molar-refractivity contribution < 1.29 is 14.3 Å². The number of furan rings is 1. The number of carboxylic acid groups (broad SMARTS) is 1. The van der Waals surface area contributed by atoms with Gasteiger partial charge in [0.1, 0.15) is 0 Å². The molecule has 0 saturated heterocycles. The van der Waals surface area contributed by atoms with E-state index in [4.69, 9.17) is 4.42 Å². The fourth-order valence-electron chi connectivity index (χ4n) is 3.66. The van der Waals surface area contributed by atoms with Gasteiger partial charge in [-0.1, -0.05) is 0 Å². The van der Waals surface area contributed by atoms with E-state index in [1.165, 1.54) is 0 Å². The van der Waals surface area contributed by atoms with Crippen LogP contribution in [0.25, 0.3) is 11.6 Å². The molecule has 0 radical (unpaired) electrons. The highest BCUT2D eigenvalue weighted by Crippen LogP contribution is 2.23. The predicted octanol–water partition coefficient (Wildman–Crippen LogP) is 2.23. The Labute approximate surface area is 154 Å². The largest absolute Gasteiger partial charge is 0.478 e. The summed E-state index contributed by atoms with van der Waals surface area (Å²) in [6.45, 7) is 5.33. The average molecular weight is 368 g/mol. The SMILES string of the molecule is Cc1[nH]c(CN2CCc3nc(-c4ccco4)[nH]c(=O)c3C2)c(C)c1C(=O)O. The standard InChI is InChI=1S/C19H20N4O4/c1-10-14(20-11(2)16(10)19(25)26)9-23-6-5-13-12(8-23)18(24)22-17(21-13)15-4-3-7-27-15/h3-4,7,20H,5-6,8-9H2,1-2H3,(H,25,26)(H,21,22,24). The zero-order chi connectivity index (χ0) is 19.1. The second-order valence-electron chi connectivity index (χ2n) is 6.81. The van der Waals surface area contributed by atoms with Crippen molar-refractivity contribution in [1.29, 1.82) is 0 Å². The van der Waals surface area contributed by atoms with Crippen LogP contribution in [0.2, 0.25) is 0 Å². The molecule has 0 fully saturated rings. The van der Waals surface area contributed by atoms with Gasteiger partial charge in [0.2, 0.25) is 0 Å². The number of carbonyl (C=O) groups is 1. The number of hydrogen-bond donors (Lipinski definition) is 3. The van der Waals surface area contributed by atoms with Gasteiger partial charge in [-0.05, 0) is 31.5 Å². The van der Waals surface area contributed by atoms with Crippen molar-refractivity contribution in [2.75, 3.05) is 6.54 Å². The third kappa shape index (κ3) is 3.08. The molecule has 3 N–H and O–H groups in total. The summed E-state index contributed by atoms with van der Waals surface area (Å²) in [5.41, 5.74) is 3.85. The Morgan fingerprint density at radius 1 is 1.37 bits per heavy atom. The monoisotopic (exact) mass is 368 g/mol. The number of fused-ring (bicyclic) bond motifs is 1. The highest BCUT2D eigenvalue weighted by molar-refractivity contribution is 5.91. The minimum Gasteiger partial charge on any atom is -0.478 e. The molecule has 3 aromatic heterocycles. The van der Waals surface area contributed by atoms with E-state index in [9.17, 15) is 14.7 Å². The number of carboxylic acids is 1. The van der Waals surface area contributed by atoms with Crippen molar-refractivity contribution >= 4 is 5.97 Å². The van der Waals surface area contributed by atoms with E-state index in [-0.39, 0.29) is 5.56 Å². The smallest absolute Gasteiger partial charge is 0.337 e. The molecule has 0 spiro atoms. The lowest BCUT2D eigenvalue weighted by Gasteiger charge is -2.27. The maximum absolute atomic E-state index is 12.5. The molecule has 8 heteroatoms. The van der Waals surface area contributed by atoms with Gasteiger partial charge in [0.25, 0.3) is 5.56 Å². The maximum Gasteiger partial charge on any atom is 0.337 e. The van der Waals surface area contributed by atoms with E-state index in [2.05, 4.69) is 19.9 Å². The van der Waals surface area contributed by atoms with E-state index < -0.39 is 5.97 Å². The van der Waals surface area contributed by atoms with Gasteiger partial charge >= 0.3 is 5.97 Å². The van der Waals surface area contributed by atoms with Gasteiger partial charge in [-0.3, -0.25) is 9.69 Å². The molecule has 0 bridgehead atoms. The van der Waals surface area contributed by atoms with Crippen molar-refractivity contribution in [1.82, 2.24) is 19.9 Å². The first kappa shape index (κ1) is 17.3. The highest BCUT2D eigenvalue weighted by atomic mass is 16.4. The molecule has 0 aromatic carbocycles. The van der Waals surface area contributed by atoms with E-state index in [0.717, 1.165) is 23.5 Å². The van der Waals surface area contributed by atoms with Gasteiger partial charge < -0.3 is 19.5 Å². The minimum absolute atomic E-state index is 0.165. The molecule has 4 heterocycles. The second-order valence-corrected chi connectivity index (χ2v) is 6.81. The van der Waals surface area contributed by atoms with Crippen LogP contribution in [0.5, 0.6) is 0 Å². The van der Waals surface area contributed by atoms with Crippen molar-refractivity contribution in [3.8, 4) is 11.6 Å². The minimum atomic E-state index is -0.928. The summed E-state index contributed by atoms with van der Waals surface area (Å²) in [6, 6.07) is 3.51. The Morgan fingerprint density at radius 2 is 2.19 bits per heavy atom. The first-order valence-corrected chi connectivity index (χ1v) is 8.73. The van der Waals surface area contributed by atoms with E-state index in [1.807, 2.05) is 6.92 Å². The molecule has 0 atom stereocenters. The zero-order valence-corrected chi connectivity index (χ0v) is 15.1. The van der Waals surface area contributed by atoms with Gasteiger partial charge in [0.15, 0.2) is 11.6 Å². The normalized spacial score (nSPS) is 14.3. The summed E-state index contributed by atoms with van der Waals surface area (Å²) in [7, 11) is 0. The quantitative estimate of drug-likeness (QED) is 0.650. The maximum atomic E-state index is 12.5. The van der Waals surface area contributed by atoms with Crippen molar-refractivity contribution in [2.24, 2.45) is 0 Å². The number of aromatic amines is 2. The van der Waals surface area contributed by atoms with Gasteiger partial charge in [-0.15, -0.1) is 0 Å². The van der Waals surface area contributed by atoms with E-state index in [0.29, 0.717) is 47.9 Å². The Bertz CT molecular complexity index is 1060. The topological polar surface area (TPSA) is 115 Å². The van der Waals surface area contributed by atoms with Crippen LogP contribution in [0.15, 0.2) is 27.6 Å². The number of aryl methyl sites for hydroxylation is 1. The number of H-pyrrole nitrogens is 2. The molecule has 1 aliphatic rings. The summed E-state index contributed by atoms with van der Waals surface area (Å²) < 4.78 is 5.32. The average Bonchev–Trinajstić information content (AvgIpc) is 3.24. The van der Waals surface area contributed by atoms with Crippen LogP contribution in [0, 0.1) is 13.8 Å². The van der Waals surface area contributed by atoms with Crippen molar-refractivity contribution in [3.05, 3.63) is 62.5 Å².